The molecule has 0 N–H and O–H groups in total. The molecule has 0 unspecified atom stereocenters. The number of pyridine rings is 1. The van der Waals surface area contributed by atoms with Crippen LogP contribution in [0.2, 0.25) is 0 Å². The minimum absolute atomic E-state index is 1.13. The number of aromatic nitrogens is 1. The lowest BCUT2D eigenvalue weighted by atomic mass is 10.0. The molecule has 126 valence electrons. The van der Waals surface area contributed by atoms with E-state index in [9.17, 15) is 0 Å². The molecule has 1 nitrogen and oxygen atoms in total. The van der Waals surface area contributed by atoms with Crippen LogP contribution in [-0.4, -0.2) is 4.98 Å². The van der Waals surface area contributed by atoms with Crippen LogP contribution in [0.15, 0.2) is 12.1 Å². The third kappa shape index (κ3) is 8.56. The van der Waals surface area contributed by atoms with Crippen LogP contribution in [0.3, 0.4) is 0 Å². The number of hydrogen-bond donors (Lipinski definition) is 0. The summed E-state index contributed by atoms with van der Waals surface area (Å²) in [6.45, 7) is 6.81. The topological polar surface area (TPSA) is 12.9 Å². The van der Waals surface area contributed by atoms with E-state index in [4.69, 9.17) is 4.98 Å². The Morgan fingerprint density at radius 1 is 0.636 bits per heavy atom. The van der Waals surface area contributed by atoms with Gasteiger partial charge in [0.15, 0.2) is 0 Å². The van der Waals surface area contributed by atoms with Gasteiger partial charge >= 0.3 is 0 Å². The highest BCUT2D eigenvalue weighted by Gasteiger charge is 2.03. The summed E-state index contributed by atoms with van der Waals surface area (Å²) in [5.41, 5.74) is 4.14. The van der Waals surface area contributed by atoms with Crippen LogP contribution >= 0.6 is 0 Å². The zero-order chi connectivity index (χ0) is 16.0. The molecule has 0 radical (unpaired) electrons. The molecule has 0 aromatic carbocycles. The SMILES string of the molecule is CCCCCCCc1cc(CC)cc(CCCCCCC)n1. The van der Waals surface area contributed by atoms with Gasteiger partial charge in [-0.05, 0) is 49.8 Å². The number of unbranched alkanes of at least 4 members (excludes halogenated alkanes) is 8. The summed E-state index contributed by atoms with van der Waals surface area (Å²) < 4.78 is 0. The van der Waals surface area contributed by atoms with Gasteiger partial charge in [0.1, 0.15) is 0 Å². The molecule has 1 aromatic rings. The maximum atomic E-state index is 4.92. The minimum Gasteiger partial charge on any atom is -0.258 e. The summed E-state index contributed by atoms with van der Waals surface area (Å²) in [4.78, 5) is 4.92. The van der Waals surface area contributed by atoms with Crippen molar-refractivity contribution in [1.29, 1.82) is 0 Å². The van der Waals surface area contributed by atoms with Crippen molar-refractivity contribution in [3.63, 3.8) is 0 Å². The summed E-state index contributed by atoms with van der Waals surface area (Å²) >= 11 is 0. The van der Waals surface area contributed by atoms with E-state index in [1.54, 1.807) is 0 Å². The zero-order valence-corrected chi connectivity index (χ0v) is 15.3. The Hall–Kier alpha value is -0.850. The van der Waals surface area contributed by atoms with Crippen LogP contribution < -0.4 is 0 Å². The van der Waals surface area contributed by atoms with Gasteiger partial charge in [-0.25, -0.2) is 0 Å². The Morgan fingerprint density at radius 3 is 1.50 bits per heavy atom. The van der Waals surface area contributed by atoms with E-state index in [1.165, 1.54) is 94.0 Å². The molecule has 0 fully saturated rings. The Balaban J connectivity index is 2.42. The molecule has 1 heteroatoms. The Morgan fingerprint density at radius 2 is 1.09 bits per heavy atom. The average molecular weight is 304 g/mol. The third-order valence-corrected chi connectivity index (χ3v) is 4.47. The van der Waals surface area contributed by atoms with Crippen molar-refractivity contribution in [3.05, 3.63) is 29.1 Å². The van der Waals surface area contributed by atoms with Gasteiger partial charge < -0.3 is 0 Å². The summed E-state index contributed by atoms with van der Waals surface area (Å²) in [6, 6.07) is 4.67. The highest BCUT2D eigenvalue weighted by atomic mass is 14.7. The first-order valence-electron chi connectivity index (χ1n) is 9.78. The molecular formula is C21H37N. The van der Waals surface area contributed by atoms with Crippen molar-refractivity contribution < 1.29 is 0 Å². The number of hydrogen-bond acceptors (Lipinski definition) is 1. The summed E-state index contributed by atoms with van der Waals surface area (Å²) in [6.07, 6.45) is 17.0. The average Bonchev–Trinajstić information content (AvgIpc) is 2.54. The summed E-state index contributed by atoms with van der Waals surface area (Å²) in [5.74, 6) is 0. The molecular weight excluding hydrogens is 266 g/mol. The third-order valence-electron chi connectivity index (χ3n) is 4.47. The Kier molecular flexibility index (Phi) is 11.1. The van der Waals surface area contributed by atoms with Crippen molar-refractivity contribution in [2.45, 2.75) is 104 Å². The molecule has 0 bridgehead atoms. The molecule has 0 saturated heterocycles. The van der Waals surface area contributed by atoms with Gasteiger partial charge in [0.05, 0.1) is 0 Å². The molecule has 0 aliphatic heterocycles. The van der Waals surface area contributed by atoms with E-state index in [1.807, 2.05) is 0 Å². The largest absolute Gasteiger partial charge is 0.258 e. The lowest BCUT2D eigenvalue weighted by Gasteiger charge is -2.08. The fourth-order valence-electron chi connectivity index (χ4n) is 3.00. The number of aryl methyl sites for hydroxylation is 3. The highest BCUT2D eigenvalue weighted by molar-refractivity contribution is 5.22. The normalized spacial score (nSPS) is 11.0. The minimum atomic E-state index is 1.13. The smallest absolute Gasteiger partial charge is 0.0409 e. The van der Waals surface area contributed by atoms with Crippen molar-refractivity contribution >= 4 is 0 Å². The molecule has 1 aromatic heterocycles. The first-order valence-corrected chi connectivity index (χ1v) is 9.78. The summed E-state index contributed by atoms with van der Waals surface area (Å²) in [7, 11) is 0. The van der Waals surface area contributed by atoms with E-state index < -0.39 is 0 Å². The van der Waals surface area contributed by atoms with Gasteiger partial charge in [-0.2, -0.15) is 0 Å². The predicted octanol–water partition coefficient (Wildman–Crippen LogP) is 6.67. The van der Waals surface area contributed by atoms with E-state index in [2.05, 4.69) is 32.9 Å². The maximum absolute atomic E-state index is 4.92. The molecule has 0 amide bonds. The zero-order valence-electron chi connectivity index (χ0n) is 15.3. The van der Waals surface area contributed by atoms with E-state index >= 15 is 0 Å². The summed E-state index contributed by atoms with van der Waals surface area (Å²) in [5, 5.41) is 0. The van der Waals surface area contributed by atoms with E-state index in [0.717, 1.165) is 6.42 Å². The van der Waals surface area contributed by atoms with Gasteiger partial charge in [0.2, 0.25) is 0 Å². The molecule has 1 rings (SSSR count). The van der Waals surface area contributed by atoms with Gasteiger partial charge in [-0.15, -0.1) is 0 Å². The maximum Gasteiger partial charge on any atom is 0.0409 e. The molecule has 0 spiro atoms. The molecule has 0 aliphatic rings. The van der Waals surface area contributed by atoms with Crippen LogP contribution in [0.5, 0.6) is 0 Å². The highest BCUT2D eigenvalue weighted by Crippen LogP contribution is 2.14. The second-order valence-corrected chi connectivity index (χ2v) is 6.64. The molecule has 0 atom stereocenters. The first kappa shape index (κ1) is 19.2. The number of nitrogens with zero attached hydrogens (tertiary/aromatic N) is 1. The number of rotatable bonds is 13. The van der Waals surface area contributed by atoms with Crippen LogP contribution in [0, 0.1) is 0 Å². The van der Waals surface area contributed by atoms with Gasteiger partial charge in [-0.1, -0.05) is 72.1 Å². The lowest BCUT2D eigenvalue weighted by Crippen LogP contribution is -1.99. The van der Waals surface area contributed by atoms with Crippen molar-refractivity contribution in [2.75, 3.05) is 0 Å². The molecule has 0 aliphatic carbocycles. The quantitative estimate of drug-likeness (QED) is 0.371. The van der Waals surface area contributed by atoms with Crippen molar-refractivity contribution in [2.24, 2.45) is 0 Å². The van der Waals surface area contributed by atoms with E-state index in [-0.39, 0.29) is 0 Å². The molecule has 1 heterocycles. The van der Waals surface area contributed by atoms with Crippen LogP contribution in [0.4, 0.5) is 0 Å². The van der Waals surface area contributed by atoms with Crippen molar-refractivity contribution in [3.8, 4) is 0 Å². The Labute approximate surface area is 138 Å². The van der Waals surface area contributed by atoms with Gasteiger partial charge in [0.25, 0.3) is 0 Å². The van der Waals surface area contributed by atoms with Crippen LogP contribution in [-0.2, 0) is 19.3 Å². The van der Waals surface area contributed by atoms with Crippen molar-refractivity contribution in [1.82, 2.24) is 4.98 Å². The van der Waals surface area contributed by atoms with Gasteiger partial charge in [-0.3, -0.25) is 4.98 Å². The Bertz CT molecular complexity index is 351. The lowest BCUT2D eigenvalue weighted by molar-refractivity contribution is 0.619. The predicted molar refractivity (Wildman–Crippen MR) is 98.5 cm³/mol. The van der Waals surface area contributed by atoms with E-state index in [0.29, 0.717) is 0 Å². The standard InChI is InChI=1S/C21H37N/c1-4-7-9-11-13-15-20-17-19(6-3)18-21(22-20)16-14-12-10-8-5-2/h17-18H,4-16H2,1-3H3. The second-order valence-electron chi connectivity index (χ2n) is 6.64. The molecule has 22 heavy (non-hydrogen) atoms. The fourth-order valence-corrected chi connectivity index (χ4v) is 3.00. The molecule has 0 saturated carbocycles. The van der Waals surface area contributed by atoms with Crippen LogP contribution in [0.1, 0.15) is 102 Å². The monoisotopic (exact) mass is 303 g/mol. The van der Waals surface area contributed by atoms with Gasteiger partial charge in [0, 0.05) is 11.4 Å². The fraction of sp³-hybridized carbons (Fsp3) is 0.762. The second kappa shape index (κ2) is 12.7. The van der Waals surface area contributed by atoms with Crippen LogP contribution in [0.25, 0.3) is 0 Å². The first-order chi connectivity index (χ1) is 10.8.